The average molecular weight is 685 g/mol. The van der Waals surface area contributed by atoms with Crippen molar-refractivity contribution in [2.45, 2.75) is 63.4 Å². The molecule has 1 saturated heterocycles. The molecule has 13 nitrogen and oxygen atoms in total. The van der Waals surface area contributed by atoms with Crippen molar-refractivity contribution in [3.63, 3.8) is 0 Å². The zero-order chi connectivity index (χ0) is 35.9. The topological polar surface area (TPSA) is 178 Å². The van der Waals surface area contributed by atoms with Crippen LogP contribution in [0.5, 0.6) is 0 Å². The normalized spacial score (nSPS) is 14.9. The monoisotopic (exact) mass is 684 g/mol. The van der Waals surface area contributed by atoms with Crippen LogP contribution in [-0.2, 0) is 43.5 Å². The summed E-state index contributed by atoms with van der Waals surface area (Å²) in [7, 11) is 1.48. The maximum Gasteiger partial charge on any atom is 0.417 e. The number of amides is 4. The van der Waals surface area contributed by atoms with Crippen LogP contribution in [0.3, 0.4) is 0 Å². The Kier molecular flexibility index (Phi) is 13.9. The summed E-state index contributed by atoms with van der Waals surface area (Å²) in [6.07, 6.45) is 0.000956. The van der Waals surface area contributed by atoms with E-state index in [2.05, 4.69) is 4.99 Å². The lowest BCUT2D eigenvalue weighted by Crippen LogP contribution is -2.57. The predicted octanol–water partition coefficient (Wildman–Crippen LogP) is 3.64. The van der Waals surface area contributed by atoms with E-state index in [1.165, 1.54) is 16.8 Å². The second kappa shape index (κ2) is 18.7. The largest absolute Gasteiger partial charge is 0.445 e. The Morgan fingerprint density at radius 1 is 0.860 bits per heavy atom. The molecule has 0 radical (unpaired) electrons. The van der Waals surface area contributed by atoms with E-state index in [0.717, 1.165) is 16.0 Å². The maximum absolute atomic E-state index is 14.4. The maximum atomic E-state index is 14.4. The quantitative estimate of drug-likeness (QED) is 0.105. The lowest BCUT2D eigenvalue weighted by molar-refractivity contribution is -0.147. The van der Waals surface area contributed by atoms with E-state index in [1.54, 1.807) is 24.3 Å². The summed E-state index contributed by atoms with van der Waals surface area (Å²) >= 11 is 0. The molecule has 1 fully saturated rings. The number of hydrogen-bond donors (Lipinski definition) is 2. The summed E-state index contributed by atoms with van der Waals surface area (Å²) in [5, 5.41) is 0. The van der Waals surface area contributed by atoms with Crippen molar-refractivity contribution in [3.05, 3.63) is 108 Å². The minimum atomic E-state index is -1.20. The fourth-order valence-corrected chi connectivity index (χ4v) is 5.76. The number of ether oxygens (including phenoxy) is 2. The third-order valence-corrected chi connectivity index (χ3v) is 8.42. The molecule has 4 N–H and O–H groups in total. The highest BCUT2D eigenvalue weighted by Gasteiger charge is 2.44. The van der Waals surface area contributed by atoms with Gasteiger partial charge in [0.2, 0.25) is 5.91 Å². The van der Waals surface area contributed by atoms with Gasteiger partial charge in [-0.1, -0.05) is 91.0 Å². The van der Waals surface area contributed by atoms with Gasteiger partial charge in [-0.15, -0.1) is 0 Å². The Morgan fingerprint density at radius 2 is 1.40 bits per heavy atom. The van der Waals surface area contributed by atoms with Crippen LogP contribution in [0.25, 0.3) is 0 Å². The van der Waals surface area contributed by atoms with Gasteiger partial charge in [0, 0.05) is 26.6 Å². The van der Waals surface area contributed by atoms with E-state index in [9.17, 15) is 24.0 Å². The van der Waals surface area contributed by atoms with Crippen molar-refractivity contribution in [1.82, 2.24) is 14.7 Å². The second-order valence-corrected chi connectivity index (χ2v) is 11.9. The SMILES string of the molecule is CN(C(=O)OCc1ccccc1)[C@H](Cc1ccccc1)C(=O)N1CCC[C@H]1C(=O)N(C(=O)OCc1ccccc1)[C@H](C=O)CCCN=C(N)N. The zero-order valence-electron chi connectivity index (χ0n) is 28.1. The van der Waals surface area contributed by atoms with Gasteiger partial charge in [-0.3, -0.25) is 19.5 Å². The van der Waals surface area contributed by atoms with E-state index < -0.39 is 42.1 Å². The van der Waals surface area contributed by atoms with E-state index in [1.807, 2.05) is 66.7 Å². The van der Waals surface area contributed by atoms with Crippen LogP contribution >= 0.6 is 0 Å². The first kappa shape index (κ1) is 37.1. The molecule has 4 amide bonds. The number of aldehydes is 1. The van der Waals surface area contributed by atoms with Gasteiger partial charge in [0.15, 0.2) is 5.96 Å². The van der Waals surface area contributed by atoms with Crippen molar-refractivity contribution in [3.8, 4) is 0 Å². The van der Waals surface area contributed by atoms with Crippen molar-refractivity contribution < 1.29 is 33.4 Å². The van der Waals surface area contributed by atoms with E-state index >= 15 is 0 Å². The van der Waals surface area contributed by atoms with E-state index in [0.29, 0.717) is 24.7 Å². The minimum absolute atomic E-state index is 0.0113. The van der Waals surface area contributed by atoms with Gasteiger partial charge in [0.25, 0.3) is 5.91 Å². The predicted molar refractivity (Wildman–Crippen MR) is 186 cm³/mol. The standard InChI is InChI=1S/C37H44N6O7/c1-41(36(47)49-25-28-15-7-3-8-16-28)32(23-27-13-5-2-6-14-27)33(45)42-22-12-20-31(42)34(46)43(30(24-44)19-11-21-40-35(38)39)37(48)50-26-29-17-9-4-10-18-29/h2-10,13-18,24,30-32H,11-12,19-23,25-26H2,1H3,(H4,38,39,40)/t30-,31-,32+/m0/s1. The number of guanidine groups is 1. The molecule has 3 aromatic carbocycles. The summed E-state index contributed by atoms with van der Waals surface area (Å²) < 4.78 is 11.1. The van der Waals surface area contributed by atoms with Gasteiger partial charge in [-0.25, -0.2) is 14.5 Å². The van der Waals surface area contributed by atoms with Crippen LogP contribution < -0.4 is 11.5 Å². The number of rotatable bonds is 15. The molecule has 13 heteroatoms. The number of benzene rings is 3. The van der Waals surface area contributed by atoms with Gasteiger partial charge in [-0.05, 0) is 42.4 Å². The molecule has 4 rings (SSSR count). The van der Waals surface area contributed by atoms with E-state index in [-0.39, 0.29) is 51.5 Å². The molecule has 0 aromatic heterocycles. The lowest BCUT2D eigenvalue weighted by Gasteiger charge is -2.35. The summed E-state index contributed by atoms with van der Waals surface area (Å²) in [6, 6.07) is 24.0. The zero-order valence-corrected chi connectivity index (χ0v) is 28.1. The number of carbonyl (C=O) groups excluding carboxylic acids is 5. The highest BCUT2D eigenvalue weighted by molar-refractivity contribution is 6.00. The molecule has 0 spiro atoms. The van der Waals surface area contributed by atoms with E-state index in [4.69, 9.17) is 20.9 Å². The molecular formula is C37H44N6O7. The fourth-order valence-electron chi connectivity index (χ4n) is 5.76. The first-order chi connectivity index (χ1) is 24.2. The number of likely N-dealkylation sites (tertiary alicyclic amines) is 1. The molecule has 0 saturated carbocycles. The summed E-state index contributed by atoms with van der Waals surface area (Å²) in [6.45, 7) is 0.259. The summed E-state index contributed by atoms with van der Waals surface area (Å²) in [5.41, 5.74) is 13.1. The number of nitrogens with two attached hydrogens (primary N) is 2. The van der Waals surface area contributed by atoms with Gasteiger partial charge < -0.3 is 30.6 Å². The van der Waals surface area contributed by atoms with Crippen LogP contribution in [0, 0.1) is 0 Å². The number of imide groups is 1. The highest BCUT2D eigenvalue weighted by Crippen LogP contribution is 2.25. The van der Waals surface area contributed by atoms with Gasteiger partial charge in [0.05, 0.1) is 6.04 Å². The minimum Gasteiger partial charge on any atom is -0.445 e. The average Bonchev–Trinajstić information content (AvgIpc) is 3.64. The Balaban J connectivity index is 1.58. The molecule has 3 atom stereocenters. The molecule has 264 valence electrons. The van der Waals surface area contributed by atoms with Crippen molar-refractivity contribution in [1.29, 1.82) is 0 Å². The summed E-state index contributed by atoms with van der Waals surface area (Å²) in [5.74, 6) is -1.36. The lowest BCUT2D eigenvalue weighted by atomic mass is 10.0. The molecular weight excluding hydrogens is 640 g/mol. The Labute approximate surface area is 291 Å². The first-order valence-electron chi connectivity index (χ1n) is 16.5. The number of likely N-dealkylation sites (N-methyl/N-ethyl adjacent to an activating group) is 1. The summed E-state index contributed by atoms with van der Waals surface area (Å²) in [4.78, 5) is 75.3. The molecule has 1 aliphatic heterocycles. The van der Waals surface area contributed by atoms with Crippen molar-refractivity contribution in [2.24, 2.45) is 16.5 Å². The third kappa shape index (κ3) is 10.4. The number of aliphatic imine (C=N–C) groups is 1. The molecule has 0 bridgehead atoms. The van der Waals surface area contributed by atoms with Crippen molar-refractivity contribution in [2.75, 3.05) is 20.1 Å². The molecule has 1 aliphatic rings. The van der Waals surface area contributed by atoms with Gasteiger partial charge in [-0.2, -0.15) is 0 Å². The third-order valence-electron chi connectivity index (χ3n) is 8.42. The number of nitrogens with zero attached hydrogens (tertiary/aromatic N) is 4. The molecule has 50 heavy (non-hydrogen) atoms. The molecule has 0 unspecified atom stereocenters. The van der Waals surface area contributed by atoms with Gasteiger partial charge >= 0.3 is 12.2 Å². The first-order valence-corrected chi connectivity index (χ1v) is 16.5. The van der Waals surface area contributed by atoms with Crippen LogP contribution in [-0.4, -0.2) is 89.2 Å². The van der Waals surface area contributed by atoms with Crippen LogP contribution in [0.4, 0.5) is 9.59 Å². The Hall–Kier alpha value is -5.72. The Morgan fingerprint density at radius 3 is 1.94 bits per heavy atom. The smallest absolute Gasteiger partial charge is 0.417 e. The highest BCUT2D eigenvalue weighted by atomic mass is 16.6. The van der Waals surface area contributed by atoms with Crippen molar-refractivity contribution >= 4 is 36.2 Å². The molecule has 0 aliphatic carbocycles. The van der Waals surface area contributed by atoms with Crippen LogP contribution in [0.2, 0.25) is 0 Å². The van der Waals surface area contributed by atoms with Crippen LogP contribution in [0.1, 0.15) is 42.4 Å². The molecule has 3 aromatic rings. The number of hydrogen-bond acceptors (Lipinski definition) is 8. The Bertz CT molecular complexity index is 1600. The second-order valence-electron chi connectivity index (χ2n) is 11.9. The van der Waals surface area contributed by atoms with Crippen LogP contribution in [0.15, 0.2) is 96.0 Å². The van der Waals surface area contributed by atoms with Gasteiger partial charge in [0.1, 0.15) is 31.6 Å². The number of carbonyl (C=O) groups is 5. The molecule has 1 heterocycles. The fraction of sp³-hybridized carbons (Fsp3) is 0.351.